The monoisotopic (exact) mass is 605 g/mol. The number of sulfonamides is 1. The molecule has 3 aromatic carbocycles. The highest BCUT2D eigenvalue weighted by molar-refractivity contribution is 9.10. The molecule has 196 valence electrons. The standard InChI is InChI=1S/C27H29BrClN3O4S/c1-4-30-27(34)20(3)31(17-21-7-5-6-8-25(21)29)26(33)18-32(23-13-11-22(28)12-14-23)37(35,36)24-15-9-19(2)10-16-24/h5-16,20H,4,17-18H2,1-3H3,(H,30,34). The Morgan fingerprint density at radius 1 is 1.00 bits per heavy atom. The Kier molecular flexibility index (Phi) is 9.75. The third-order valence-electron chi connectivity index (χ3n) is 5.82. The van der Waals surface area contributed by atoms with Crippen molar-refractivity contribution in [3.63, 3.8) is 0 Å². The summed E-state index contributed by atoms with van der Waals surface area (Å²) in [7, 11) is -4.11. The number of likely N-dealkylation sites (N-methyl/N-ethyl adjacent to an activating group) is 1. The first-order chi connectivity index (χ1) is 17.5. The molecule has 0 fully saturated rings. The summed E-state index contributed by atoms with van der Waals surface area (Å²) in [5.41, 5.74) is 1.87. The van der Waals surface area contributed by atoms with Crippen LogP contribution < -0.4 is 9.62 Å². The van der Waals surface area contributed by atoms with E-state index in [-0.39, 0.29) is 17.3 Å². The number of nitrogens with one attached hydrogen (secondary N) is 1. The van der Waals surface area contributed by atoms with Gasteiger partial charge in [-0.15, -0.1) is 0 Å². The molecule has 2 amide bonds. The summed E-state index contributed by atoms with van der Waals surface area (Å²) in [4.78, 5) is 27.9. The van der Waals surface area contributed by atoms with E-state index in [1.54, 1.807) is 74.5 Å². The van der Waals surface area contributed by atoms with Crippen LogP contribution in [0.1, 0.15) is 25.0 Å². The molecule has 1 atom stereocenters. The molecule has 0 bridgehead atoms. The number of halogens is 2. The van der Waals surface area contributed by atoms with Gasteiger partial charge in [0, 0.05) is 22.6 Å². The van der Waals surface area contributed by atoms with Crippen molar-refractivity contribution in [2.24, 2.45) is 0 Å². The van der Waals surface area contributed by atoms with E-state index in [1.165, 1.54) is 17.0 Å². The SMILES string of the molecule is CCNC(=O)C(C)N(Cc1ccccc1Cl)C(=O)CN(c1ccc(Br)cc1)S(=O)(=O)c1ccc(C)cc1. The molecule has 0 saturated heterocycles. The average molecular weight is 607 g/mol. The number of aryl methyl sites for hydroxylation is 1. The minimum absolute atomic E-state index is 0.0373. The Balaban J connectivity index is 2.03. The number of amides is 2. The zero-order valence-electron chi connectivity index (χ0n) is 20.8. The maximum absolute atomic E-state index is 13.8. The second-order valence-electron chi connectivity index (χ2n) is 8.48. The Morgan fingerprint density at radius 2 is 1.62 bits per heavy atom. The summed E-state index contributed by atoms with van der Waals surface area (Å²) in [5.74, 6) is -0.892. The molecule has 10 heteroatoms. The molecular formula is C27H29BrClN3O4S. The van der Waals surface area contributed by atoms with E-state index in [4.69, 9.17) is 11.6 Å². The summed E-state index contributed by atoms with van der Waals surface area (Å²) < 4.78 is 29.3. The van der Waals surface area contributed by atoms with Crippen LogP contribution >= 0.6 is 27.5 Å². The fraction of sp³-hybridized carbons (Fsp3) is 0.259. The fourth-order valence-electron chi connectivity index (χ4n) is 3.69. The number of hydrogen-bond acceptors (Lipinski definition) is 4. The van der Waals surface area contributed by atoms with Gasteiger partial charge in [0.15, 0.2) is 0 Å². The van der Waals surface area contributed by atoms with E-state index in [9.17, 15) is 18.0 Å². The lowest BCUT2D eigenvalue weighted by Gasteiger charge is -2.32. The molecule has 0 aliphatic rings. The van der Waals surface area contributed by atoms with Crippen molar-refractivity contribution < 1.29 is 18.0 Å². The Hall–Kier alpha value is -2.88. The highest BCUT2D eigenvalue weighted by Gasteiger charge is 2.32. The molecule has 3 rings (SSSR count). The maximum Gasteiger partial charge on any atom is 0.264 e. The first kappa shape index (κ1) is 28.7. The normalized spacial score (nSPS) is 12.0. The first-order valence-electron chi connectivity index (χ1n) is 11.7. The van der Waals surface area contributed by atoms with Gasteiger partial charge in [0.1, 0.15) is 12.6 Å². The highest BCUT2D eigenvalue weighted by atomic mass is 79.9. The molecule has 1 unspecified atom stereocenters. The predicted octanol–water partition coefficient (Wildman–Crippen LogP) is 5.16. The lowest BCUT2D eigenvalue weighted by molar-refractivity contribution is -0.139. The Morgan fingerprint density at radius 3 is 2.22 bits per heavy atom. The molecule has 0 aromatic heterocycles. The van der Waals surface area contributed by atoms with Crippen LogP contribution in [0.25, 0.3) is 0 Å². The summed E-state index contributed by atoms with van der Waals surface area (Å²) in [6, 6.07) is 19.2. The van der Waals surface area contributed by atoms with Crippen molar-refractivity contribution in [1.29, 1.82) is 0 Å². The van der Waals surface area contributed by atoms with Crippen LogP contribution in [0.15, 0.2) is 82.2 Å². The van der Waals surface area contributed by atoms with Gasteiger partial charge in [0.25, 0.3) is 10.0 Å². The van der Waals surface area contributed by atoms with Crippen LogP contribution in [0.2, 0.25) is 5.02 Å². The van der Waals surface area contributed by atoms with Gasteiger partial charge in [-0.25, -0.2) is 8.42 Å². The molecule has 3 aromatic rings. The van der Waals surface area contributed by atoms with Gasteiger partial charge in [-0.3, -0.25) is 13.9 Å². The topological polar surface area (TPSA) is 86.8 Å². The van der Waals surface area contributed by atoms with Crippen molar-refractivity contribution >= 4 is 55.1 Å². The summed E-state index contributed by atoms with van der Waals surface area (Å²) in [6.45, 7) is 5.18. The highest BCUT2D eigenvalue weighted by Crippen LogP contribution is 2.27. The number of nitrogens with zero attached hydrogens (tertiary/aromatic N) is 2. The molecule has 0 heterocycles. The number of carbonyl (C=O) groups excluding carboxylic acids is 2. The van der Waals surface area contributed by atoms with E-state index >= 15 is 0 Å². The van der Waals surface area contributed by atoms with Gasteiger partial charge in [-0.05, 0) is 68.8 Å². The van der Waals surface area contributed by atoms with E-state index in [0.29, 0.717) is 22.8 Å². The Labute approximate surface area is 231 Å². The van der Waals surface area contributed by atoms with Crippen LogP contribution in [-0.2, 0) is 26.2 Å². The maximum atomic E-state index is 13.8. The minimum atomic E-state index is -4.11. The van der Waals surface area contributed by atoms with Crippen LogP contribution in [-0.4, -0.2) is 44.3 Å². The number of hydrogen-bond donors (Lipinski definition) is 1. The smallest absolute Gasteiger partial charge is 0.264 e. The molecule has 0 aliphatic carbocycles. The van der Waals surface area contributed by atoms with Gasteiger partial charge < -0.3 is 10.2 Å². The van der Waals surface area contributed by atoms with Crippen LogP contribution in [0.4, 0.5) is 5.69 Å². The molecule has 37 heavy (non-hydrogen) atoms. The van der Waals surface area contributed by atoms with Crippen molar-refractivity contribution in [3.8, 4) is 0 Å². The number of carbonyl (C=O) groups is 2. The van der Waals surface area contributed by atoms with Crippen molar-refractivity contribution in [2.75, 3.05) is 17.4 Å². The van der Waals surface area contributed by atoms with Crippen molar-refractivity contribution in [2.45, 2.75) is 38.3 Å². The van der Waals surface area contributed by atoms with Crippen LogP contribution in [0, 0.1) is 6.92 Å². The molecule has 0 spiro atoms. The van der Waals surface area contributed by atoms with Gasteiger partial charge in [0.05, 0.1) is 10.6 Å². The van der Waals surface area contributed by atoms with Gasteiger partial charge in [-0.1, -0.05) is 63.4 Å². The largest absolute Gasteiger partial charge is 0.355 e. The summed E-state index contributed by atoms with van der Waals surface area (Å²) in [5, 5.41) is 3.18. The molecule has 7 nitrogen and oxygen atoms in total. The lowest BCUT2D eigenvalue weighted by Crippen LogP contribution is -2.51. The second kappa shape index (κ2) is 12.6. The van der Waals surface area contributed by atoms with Gasteiger partial charge in [0.2, 0.25) is 11.8 Å². The van der Waals surface area contributed by atoms with E-state index in [1.807, 2.05) is 6.92 Å². The molecule has 1 N–H and O–H groups in total. The van der Waals surface area contributed by atoms with Crippen molar-refractivity contribution in [3.05, 3.63) is 93.4 Å². The average Bonchev–Trinajstić information content (AvgIpc) is 2.87. The summed E-state index contributed by atoms with van der Waals surface area (Å²) in [6.07, 6.45) is 0. The molecule has 0 radical (unpaired) electrons. The quantitative estimate of drug-likeness (QED) is 0.346. The predicted molar refractivity (Wildman–Crippen MR) is 150 cm³/mol. The molecule has 0 saturated carbocycles. The second-order valence-corrected chi connectivity index (χ2v) is 11.7. The third-order valence-corrected chi connectivity index (χ3v) is 8.50. The Bertz CT molecular complexity index is 1350. The fourth-order valence-corrected chi connectivity index (χ4v) is 5.56. The van der Waals surface area contributed by atoms with Crippen LogP contribution in [0.5, 0.6) is 0 Å². The zero-order chi connectivity index (χ0) is 27.2. The van der Waals surface area contributed by atoms with Gasteiger partial charge >= 0.3 is 0 Å². The van der Waals surface area contributed by atoms with E-state index < -0.39 is 28.5 Å². The summed E-state index contributed by atoms with van der Waals surface area (Å²) >= 11 is 9.72. The lowest BCUT2D eigenvalue weighted by atomic mass is 10.1. The van der Waals surface area contributed by atoms with Crippen molar-refractivity contribution in [1.82, 2.24) is 10.2 Å². The zero-order valence-corrected chi connectivity index (χ0v) is 24.0. The number of rotatable bonds is 10. The van der Waals surface area contributed by atoms with Gasteiger partial charge in [-0.2, -0.15) is 0 Å². The number of benzene rings is 3. The van der Waals surface area contributed by atoms with E-state index in [2.05, 4.69) is 21.2 Å². The third kappa shape index (κ3) is 7.12. The number of anilines is 1. The molecule has 0 aliphatic heterocycles. The molecular weight excluding hydrogens is 578 g/mol. The first-order valence-corrected chi connectivity index (χ1v) is 14.3. The van der Waals surface area contributed by atoms with Crippen LogP contribution in [0.3, 0.4) is 0 Å². The minimum Gasteiger partial charge on any atom is -0.355 e. The van der Waals surface area contributed by atoms with E-state index in [0.717, 1.165) is 14.3 Å².